The van der Waals surface area contributed by atoms with Crippen LogP contribution in [0.15, 0.2) is 0 Å². The second kappa shape index (κ2) is 13.5. The van der Waals surface area contributed by atoms with Crippen LogP contribution in [0.3, 0.4) is 0 Å². The molecule has 1 fully saturated rings. The first-order valence-electron chi connectivity index (χ1n) is 8.38. The highest BCUT2D eigenvalue weighted by atomic mass is 16.6. The van der Waals surface area contributed by atoms with Gasteiger partial charge in [-0.15, -0.1) is 0 Å². The molecule has 1 aliphatic rings. The highest BCUT2D eigenvalue weighted by Crippen LogP contribution is 2.20. The molecule has 0 radical (unpaired) electrons. The molecule has 0 heterocycles. The van der Waals surface area contributed by atoms with Gasteiger partial charge in [-0.05, 0) is 19.4 Å². The molecular weight excluding hydrogens is 270 g/mol. The fourth-order valence-electron chi connectivity index (χ4n) is 2.69. The van der Waals surface area contributed by atoms with Crippen LogP contribution in [0.5, 0.6) is 0 Å². The van der Waals surface area contributed by atoms with Crippen molar-refractivity contribution >= 4 is 0 Å². The highest BCUT2D eigenvalue weighted by Gasteiger charge is 2.23. The monoisotopic (exact) mass is 303 g/mol. The third-order valence-corrected chi connectivity index (χ3v) is 3.78. The van der Waals surface area contributed by atoms with Crippen LogP contribution in [0, 0.1) is 0 Å². The summed E-state index contributed by atoms with van der Waals surface area (Å²) in [6.45, 7) is 6.99. The van der Waals surface area contributed by atoms with Crippen molar-refractivity contribution in [2.24, 2.45) is 0 Å². The lowest BCUT2D eigenvalue weighted by molar-refractivity contribution is -0.0279. The normalized spacial score (nSPS) is 23.1. The third kappa shape index (κ3) is 9.42. The molecule has 0 bridgehead atoms. The van der Waals surface area contributed by atoms with Crippen LogP contribution in [0.2, 0.25) is 0 Å². The number of methoxy groups -OCH3 is 1. The average molecular weight is 303 g/mol. The Morgan fingerprint density at radius 3 is 2.24 bits per heavy atom. The molecule has 0 saturated heterocycles. The van der Waals surface area contributed by atoms with E-state index in [1.807, 2.05) is 0 Å². The second-order valence-corrected chi connectivity index (χ2v) is 5.43. The maximum atomic E-state index is 6.02. The maximum absolute atomic E-state index is 6.02. The minimum absolute atomic E-state index is 0.342. The summed E-state index contributed by atoms with van der Waals surface area (Å²) in [5.74, 6) is 0. The summed E-state index contributed by atoms with van der Waals surface area (Å²) < 4.78 is 21.8. The zero-order valence-corrected chi connectivity index (χ0v) is 13.8. The SMILES string of the molecule is CCNC1CCCCCC1OCCOCCOCCOC. The summed E-state index contributed by atoms with van der Waals surface area (Å²) in [7, 11) is 1.67. The van der Waals surface area contributed by atoms with Gasteiger partial charge in [0.2, 0.25) is 0 Å². The Kier molecular flexibility index (Phi) is 12.1. The molecule has 2 atom stereocenters. The van der Waals surface area contributed by atoms with Crippen molar-refractivity contribution in [1.29, 1.82) is 0 Å². The second-order valence-electron chi connectivity index (χ2n) is 5.43. The molecule has 5 heteroatoms. The molecule has 1 aliphatic carbocycles. The standard InChI is InChI=1S/C16H33NO4/c1-3-17-15-7-5-4-6-8-16(15)21-14-13-20-12-11-19-10-9-18-2/h15-17H,3-14H2,1-2H3. The lowest BCUT2D eigenvalue weighted by atomic mass is 10.1. The largest absolute Gasteiger partial charge is 0.382 e. The van der Waals surface area contributed by atoms with Crippen LogP contribution in [0.4, 0.5) is 0 Å². The van der Waals surface area contributed by atoms with Crippen LogP contribution in [0.1, 0.15) is 39.0 Å². The summed E-state index contributed by atoms with van der Waals surface area (Å²) in [4.78, 5) is 0. The molecular formula is C16H33NO4. The van der Waals surface area contributed by atoms with E-state index >= 15 is 0 Å². The topological polar surface area (TPSA) is 49.0 Å². The van der Waals surface area contributed by atoms with Crippen molar-refractivity contribution in [2.45, 2.75) is 51.2 Å². The molecule has 21 heavy (non-hydrogen) atoms. The minimum Gasteiger partial charge on any atom is -0.382 e. The number of rotatable bonds is 12. The van der Waals surface area contributed by atoms with E-state index in [0.29, 0.717) is 51.8 Å². The van der Waals surface area contributed by atoms with E-state index in [-0.39, 0.29) is 0 Å². The van der Waals surface area contributed by atoms with Gasteiger partial charge in [0.1, 0.15) is 0 Å². The number of likely N-dealkylation sites (N-methyl/N-ethyl adjacent to an activating group) is 1. The lowest BCUT2D eigenvalue weighted by Crippen LogP contribution is -2.41. The van der Waals surface area contributed by atoms with Gasteiger partial charge in [0.05, 0.1) is 45.7 Å². The van der Waals surface area contributed by atoms with E-state index < -0.39 is 0 Å². The Morgan fingerprint density at radius 2 is 1.52 bits per heavy atom. The summed E-state index contributed by atoms with van der Waals surface area (Å²) in [5.41, 5.74) is 0. The number of hydrogen-bond acceptors (Lipinski definition) is 5. The molecule has 0 aromatic heterocycles. The van der Waals surface area contributed by atoms with Gasteiger partial charge < -0.3 is 24.3 Å². The molecule has 1 N–H and O–H groups in total. The van der Waals surface area contributed by atoms with Crippen molar-refractivity contribution in [3.63, 3.8) is 0 Å². The van der Waals surface area contributed by atoms with Crippen LogP contribution < -0.4 is 5.32 Å². The summed E-state index contributed by atoms with van der Waals surface area (Å²) in [5, 5.41) is 3.56. The Labute approximate surface area is 129 Å². The Hall–Kier alpha value is -0.200. The van der Waals surface area contributed by atoms with Crippen molar-refractivity contribution in [1.82, 2.24) is 5.32 Å². The van der Waals surface area contributed by atoms with Crippen LogP contribution in [-0.4, -0.2) is 65.4 Å². The van der Waals surface area contributed by atoms with Crippen molar-refractivity contribution in [3.8, 4) is 0 Å². The first-order valence-corrected chi connectivity index (χ1v) is 8.38. The molecule has 0 amide bonds. The van der Waals surface area contributed by atoms with Crippen molar-refractivity contribution in [3.05, 3.63) is 0 Å². The summed E-state index contributed by atoms with van der Waals surface area (Å²) >= 11 is 0. The molecule has 1 rings (SSSR count). The molecule has 0 spiro atoms. The van der Waals surface area contributed by atoms with E-state index in [1.54, 1.807) is 7.11 Å². The van der Waals surface area contributed by atoms with E-state index in [9.17, 15) is 0 Å². The molecule has 1 saturated carbocycles. The molecule has 0 aromatic carbocycles. The molecule has 0 aromatic rings. The van der Waals surface area contributed by atoms with Gasteiger partial charge in [-0.1, -0.05) is 26.2 Å². The highest BCUT2D eigenvalue weighted by molar-refractivity contribution is 4.79. The molecule has 126 valence electrons. The van der Waals surface area contributed by atoms with E-state index in [4.69, 9.17) is 18.9 Å². The number of ether oxygens (including phenoxy) is 4. The Bertz CT molecular complexity index is 228. The molecule has 5 nitrogen and oxygen atoms in total. The van der Waals surface area contributed by atoms with Gasteiger partial charge in [0.15, 0.2) is 0 Å². The zero-order chi connectivity index (χ0) is 15.2. The van der Waals surface area contributed by atoms with Gasteiger partial charge in [-0.3, -0.25) is 0 Å². The lowest BCUT2D eigenvalue weighted by Gasteiger charge is -2.26. The van der Waals surface area contributed by atoms with E-state index in [2.05, 4.69) is 12.2 Å². The summed E-state index contributed by atoms with van der Waals surface area (Å²) in [6, 6.07) is 0.509. The Morgan fingerprint density at radius 1 is 0.857 bits per heavy atom. The van der Waals surface area contributed by atoms with Gasteiger partial charge in [0, 0.05) is 13.2 Å². The maximum Gasteiger partial charge on any atom is 0.0729 e. The van der Waals surface area contributed by atoms with Crippen molar-refractivity contribution in [2.75, 3.05) is 53.3 Å². The fraction of sp³-hybridized carbons (Fsp3) is 1.00. The first-order chi connectivity index (χ1) is 10.4. The quantitative estimate of drug-likeness (QED) is 0.441. The minimum atomic E-state index is 0.342. The van der Waals surface area contributed by atoms with Gasteiger partial charge in [0.25, 0.3) is 0 Å². The van der Waals surface area contributed by atoms with Crippen LogP contribution in [0.25, 0.3) is 0 Å². The number of nitrogens with one attached hydrogen (secondary N) is 1. The van der Waals surface area contributed by atoms with Crippen LogP contribution in [-0.2, 0) is 18.9 Å². The van der Waals surface area contributed by atoms with E-state index in [0.717, 1.165) is 13.0 Å². The predicted octanol–water partition coefficient (Wildman–Crippen LogP) is 1.99. The van der Waals surface area contributed by atoms with Gasteiger partial charge >= 0.3 is 0 Å². The van der Waals surface area contributed by atoms with Crippen LogP contribution >= 0.6 is 0 Å². The van der Waals surface area contributed by atoms with Gasteiger partial charge in [-0.25, -0.2) is 0 Å². The van der Waals surface area contributed by atoms with Crippen molar-refractivity contribution < 1.29 is 18.9 Å². The molecule has 2 unspecified atom stereocenters. The predicted molar refractivity (Wildman–Crippen MR) is 83.8 cm³/mol. The first kappa shape index (κ1) is 18.8. The fourth-order valence-corrected chi connectivity index (χ4v) is 2.69. The van der Waals surface area contributed by atoms with Gasteiger partial charge in [-0.2, -0.15) is 0 Å². The third-order valence-electron chi connectivity index (χ3n) is 3.78. The molecule has 0 aliphatic heterocycles. The summed E-state index contributed by atoms with van der Waals surface area (Å²) in [6.07, 6.45) is 6.66. The number of hydrogen-bond donors (Lipinski definition) is 1. The average Bonchev–Trinajstić information content (AvgIpc) is 2.72. The smallest absolute Gasteiger partial charge is 0.0729 e. The Balaban J connectivity index is 2.01. The van der Waals surface area contributed by atoms with E-state index in [1.165, 1.54) is 25.7 Å². The zero-order valence-electron chi connectivity index (χ0n) is 13.8.